The van der Waals surface area contributed by atoms with Crippen LogP contribution >= 0.6 is 11.8 Å². The number of hydrogen-bond acceptors (Lipinski definition) is 5. The number of rotatable bonds is 7. The van der Waals surface area contributed by atoms with Gasteiger partial charge in [0, 0.05) is 35.3 Å². The summed E-state index contributed by atoms with van der Waals surface area (Å²) >= 11 is 1.97. The van der Waals surface area contributed by atoms with E-state index in [2.05, 4.69) is 18.3 Å². The normalized spacial score (nSPS) is 23.0. The quantitative estimate of drug-likeness (QED) is 0.838. The summed E-state index contributed by atoms with van der Waals surface area (Å²) in [4.78, 5) is 0. The molecular weight excluding hydrogens is 286 g/mol. The monoisotopic (exact) mass is 311 g/mol. The highest BCUT2D eigenvalue weighted by Crippen LogP contribution is 2.34. The van der Waals surface area contributed by atoms with Gasteiger partial charge in [0.1, 0.15) is 11.5 Å². The molecule has 1 heterocycles. The molecule has 0 bridgehead atoms. The van der Waals surface area contributed by atoms with Gasteiger partial charge in [-0.1, -0.05) is 6.07 Å². The van der Waals surface area contributed by atoms with Crippen LogP contribution in [0.2, 0.25) is 0 Å². The largest absolute Gasteiger partial charge is 0.497 e. The molecule has 5 heteroatoms. The highest BCUT2D eigenvalue weighted by Gasteiger charge is 2.26. The lowest BCUT2D eigenvalue weighted by molar-refractivity contribution is 0.127. The number of ether oxygens (including phenoxy) is 3. The molecule has 0 radical (unpaired) electrons. The average Bonchev–Trinajstić information content (AvgIpc) is 2.93. The molecule has 0 aromatic heterocycles. The Morgan fingerprint density at radius 3 is 2.76 bits per heavy atom. The summed E-state index contributed by atoms with van der Waals surface area (Å²) in [5, 5.41) is 3.97. The molecule has 4 nitrogen and oxygen atoms in total. The standard InChI is InChI=1S/C16H25NO3S/c1-11-16(7-8-20-11)21-10-14(17-2)13-6-5-12(18-3)9-15(13)19-4/h5-6,9,11,14,16-17H,7-8,10H2,1-4H3. The van der Waals surface area contributed by atoms with Gasteiger partial charge in [0.15, 0.2) is 0 Å². The van der Waals surface area contributed by atoms with E-state index in [1.54, 1.807) is 14.2 Å². The van der Waals surface area contributed by atoms with Crippen LogP contribution in [0.1, 0.15) is 24.9 Å². The van der Waals surface area contributed by atoms with Crippen molar-refractivity contribution >= 4 is 11.8 Å². The maximum absolute atomic E-state index is 5.63. The van der Waals surface area contributed by atoms with Crippen molar-refractivity contribution in [1.29, 1.82) is 0 Å². The van der Waals surface area contributed by atoms with Crippen LogP contribution in [0, 0.1) is 0 Å². The van der Waals surface area contributed by atoms with Crippen molar-refractivity contribution in [3.63, 3.8) is 0 Å². The van der Waals surface area contributed by atoms with Crippen LogP contribution in [0.4, 0.5) is 0 Å². The lowest BCUT2D eigenvalue weighted by Crippen LogP contribution is -2.22. The average molecular weight is 311 g/mol. The Morgan fingerprint density at radius 2 is 2.19 bits per heavy atom. The molecule has 2 rings (SSSR count). The summed E-state index contributed by atoms with van der Waals surface area (Å²) in [5.74, 6) is 2.68. The van der Waals surface area contributed by atoms with E-state index in [0.717, 1.165) is 30.3 Å². The van der Waals surface area contributed by atoms with Crippen molar-refractivity contribution < 1.29 is 14.2 Å². The van der Waals surface area contributed by atoms with Gasteiger partial charge < -0.3 is 19.5 Å². The van der Waals surface area contributed by atoms with E-state index < -0.39 is 0 Å². The summed E-state index contributed by atoms with van der Waals surface area (Å²) in [6.07, 6.45) is 1.49. The van der Waals surface area contributed by atoms with E-state index in [1.165, 1.54) is 5.56 Å². The fourth-order valence-corrected chi connectivity index (χ4v) is 3.98. The Bertz CT molecular complexity index is 455. The van der Waals surface area contributed by atoms with Gasteiger partial charge >= 0.3 is 0 Å². The van der Waals surface area contributed by atoms with Crippen LogP contribution in [0.15, 0.2) is 18.2 Å². The van der Waals surface area contributed by atoms with Gasteiger partial charge in [0.05, 0.1) is 20.3 Å². The molecule has 1 fully saturated rings. The molecule has 1 N–H and O–H groups in total. The van der Waals surface area contributed by atoms with Gasteiger partial charge in [-0.25, -0.2) is 0 Å². The Labute approximate surface area is 131 Å². The fraction of sp³-hybridized carbons (Fsp3) is 0.625. The predicted octanol–water partition coefficient (Wildman–Crippen LogP) is 2.87. The Kier molecular flexibility index (Phi) is 6.21. The van der Waals surface area contributed by atoms with Gasteiger partial charge in [0.2, 0.25) is 0 Å². The third-order valence-electron chi connectivity index (χ3n) is 3.95. The number of hydrogen-bond donors (Lipinski definition) is 1. The lowest BCUT2D eigenvalue weighted by Gasteiger charge is -2.22. The SMILES string of the molecule is CNC(CSC1CCOC1C)c1ccc(OC)cc1OC. The summed E-state index contributed by atoms with van der Waals surface area (Å²) in [7, 11) is 5.36. The van der Waals surface area contributed by atoms with Crippen molar-refractivity contribution in [2.45, 2.75) is 30.7 Å². The Balaban J connectivity index is 2.06. The first-order chi connectivity index (χ1) is 10.2. The van der Waals surface area contributed by atoms with Gasteiger partial charge in [-0.15, -0.1) is 0 Å². The zero-order chi connectivity index (χ0) is 15.2. The molecule has 1 saturated heterocycles. The topological polar surface area (TPSA) is 39.7 Å². The van der Waals surface area contributed by atoms with Crippen molar-refractivity contribution in [1.82, 2.24) is 5.32 Å². The molecule has 1 aromatic carbocycles. The maximum Gasteiger partial charge on any atom is 0.127 e. The van der Waals surface area contributed by atoms with E-state index in [4.69, 9.17) is 14.2 Å². The van der Waals surface area contributed by atoms with Gasteiger partial charge in [0.25, 0.3) is 0 Å². The fourth-order valence-electron chi connectivity index (χ4n) is 2.59. The zero-order valence-corrected chi connectivity index (χ0v) is 14.0. The number of benzene rings is 1. The Hall–Kier alpha value is -0.910. The predicted molar refractivity (Wildman–Crippen MR) is 87.6 cm³/mol. The minimum atomic E-state index is 0.253. The molecule has 118 valence electrons. The van der Waals surface area contributed by atoms with E-state index >= 15 is 0 Å². The second kappa shape index (κ2) is 7.92. The molecule has 3 atom stereocenters. The first kappa shape index (κ1) is 16.5. The summed E-state index contributed by atoms with van der Waals surface area (Å²) < 4.78 is 16.4. The lowest BCUT2D eigenvalue weighted by atomic mass is 10.1. The minimum absolute atomic E-state index is 0.253. The second-order valence-electron chi connectivity index (χ2n) is 5.19. The van der Waals surface area contributed by atoms with Crippen molar-refractivity contribution in [3.8, 4) is 11.5 Å². The summed E-state index contributed by atoms with van der Waals surface area (Å²) in [6.45, 7) is 3.04. The molecule has 1 aromatic rings. The molecule has 21 heavy (non-hydrogen) atoms. The summed E-state index contributed by atoms with van der Waals surface area (Å²) in [5.41, 5.74) is 1.17. The van der Waals surface area contributed by atoms with E-state index in [1.807, 2.05) is 30.9 Å². The molecule has 0 amide bonds. The van der Waals surface area contributed by atoms with Crippen LogP contribution in [0.3, 0.4) is 0 Å². The smallest absolute Gasteiger partial charge is 0.127 e. The van der Waals surface area contributed by atoms with Gasteiger partial charge in [-0.3, -0.25) is 0 Å². The van der Waals surface area contributed by atoms with Crippen LogP contribution in [-0.2, 0) is 4.74 Å². The molecule has 0 aliphatic carbocycles. The number of thioether (sulfide) groups is 1. The van der Waals surface area contributed by atoms with Crippen molar-refractivity contribution in [3.05, 3.63) is 23.8 Å². The van der Waals surface area contributed by atoms with Crippen molar-refractivity contribution in [2.24, 2.45) is 0 Å². The van der Waals surface area contributed by atoms with Crippen LogP contribution < -0.4 is 14.8 Å². The zero-order valence-electron chi connectivity index (χ0n) is 13.2. The first-order valence-corrected chi connectivity index (χ1v) is 8.36. The molecule has 3 unspecified atom stereocenters. The molecule has 0 spiro atoms. The molecule has 1 aliphatic rings. The first-order valence-electron chi connectivity index (χ1n) is 7.32. The van der Waals surface area contributed by atoms with Crippen LogP contribution in [0.5, 0.6) is 11.5 Å². The molecule has 0 saturated carbocycles. The second-order valence-corrected chi connectivity index (χ2v) is 6.46. The van der Waals surface area contributed by atoms with Crippen LogP contribution in [-0.4, -0.2) is 45.0 Å². The number of nitrogens with one attached hydrogen (secondary N) is 1. The molecule has 1 aliphatic heterocycles. The van der Waals surface area contributed by atoms with Gasteiger partial charge in [-0.05, 0) is 26.5 Å². The third-order valence-corrected chi connectivity index (χ3v) is 5.52. The van der Waals surface area contributed by atoms with E-state index in [0.29, 0.717) is 11.4 Å². The molecular formula is C16H25NO3S. The Morgan fingerprint density at radius 1 is 1.38 bits per heavy atom. The van der Waals surface area contributed by atoms with Crippen LogP contribution in [0.25, 0.3) is 0 Å². The minimum Gasteiger partial charge on any atom is -0.497 e. The summed E-state index contributed by atoms with van der Waals surface area (Å²) in [6, 6.07) is 6.25. The van der Waals surface area contributed by atoms with Gasteiger partial charge in [-0.2, -0.15) is 11.8 Å². The van der Waals surface area contributed by atoms with Crippen molar-refractivity contribution in [2.75, 3.05) is 33.6 Å². The highest BCUT2D eigenvalue weighted by atomic mass is 32.2. The number of methoxy groups -OCH3 is 2. The highest BCUT2D eigenvalue weighted by molar-refractivity contribution is 8.00. The van der Waals surface area contributed by atoms with E-state index in [-0.39, 0.29) is 6.04 Å². The maximum atomic E-state index is 5.63. The van der Waals surface area contributed by atoms with E-state index in [9.17, 15) is 0 Å². The third kappa shape index (κ3) is 4.05.